The van der Waals surface area contributed by atoms with Crippen LogP contribution >= 0.6 is 0 Å². The Labute approximate surface area is 296 Å². The van der Waals surface area contributed by atoms with Crippen LogP contribution in [0.1, 0.15) is 55.7 Å². The number of fused-ring (bicyclic) bond motifs is 4. The molecule has 3 unspecified atom stereocenters. The fourth-order valence-corrected chi connectivity index (χ4v) is 8.35. The molecule has 2 aliphatic carbocycles. The zero-order chi connectivity index (χ0) is 35.2. The average Bonchev–Trinajstić information content (AvgIpc) is 3.97. The van der Waals surface area contributed by atoms with E-state index in [9.17, 15) is 19.8 Å². The van der Waals surface area contributed by atoms with Crippen LogP contribution in [0.25, 0.3) is 22.3 Å². The first-order valence-electron chi connectivity index (χ1n) is 18.1. The number of anilines is 2. The van der Waals surface area contributed by atoms with Crippen molar-refractivity contribution in [2.75, 3.05) is 50.0 Å². The molecular formula is C37H46N10O4. The molecule has 8 rings (SSSR count). The van der Waals surface area contributed by atoms with Gasteiger partial charge in [-0.25, -0.2) is 9.78 Å². The van der Waals surface area contributed by atoms with Crippen LogP contribution < -0.4 is 26.2 Å². The van der Waals surface area contributed by atoms with Gasteiger partial charge < -0.3 is 45.8 Å². The minimum absolute atomic E-state index is 0.0778. The number of carbonyl (C=O) groups is 2. The topological polar surface area (TPSA) is 173 Å². The highest BCUT2D eigenvalue weighted by Gasteiger charge is 2.44. The smallest absolute Gasteiger partial charge is 0.315 e. The van der Waals surface area contributed by atoms with Gasteiger partial charge in [0.25, 0.3) is 0 Å². The number of hydrogen-bond acceptors (Lipinski definition) is 10. The first-order valence-corrected chi connectivity index (χ1v) is 18.1. The van der Waals surface area contributed by atoms with Gasteiger partial charge in [-0.05, 0) is 55.1 Å². The molecular weight excluding hydrogens is 648 g/mol. The highest BCUT2D eigenvalue weighted by Crippen LogP contribution is 2.44. The van der Waals surface area contributed by atoms with Crippen molar-refractivity contribution in [3.05, 3.63) is 66.0 Å². The second-order valence-electron chi connectivity index (χ2n) is 14.4. The van der Waals surface area contributed by atoms with Crippen LogP contribution in [0.15, 0.2) is 54.9 Å². The summed E-state index contributed by atoms with van der Waals surface area (Å²) >= 11 is 0. The van der Waals surface area contributed by atoms with E-state index in [1.54, 1.807) is 17.8 Å². The van der Waals surface area contributed by atoms with Crippen LogP contribution in [-0.4, -0.2) is 117 Å². The molecule has 2 aliphatic heterocycles. The van der Waals surface area contributed by atoms with Gasteiger partial charge in [0.15, 0.2) is 17.0 Å². The molecule has 2 saturated heterocycles. The van der Waals surface area contributed by atoms with Crippen molar-refractivity contribution in [3.63, 3.8) is 0 Å². The number of aliphatic hydroxyl groups is 2. The number of urea groups is 1. The number of carbonyl (C=O) groups excluding carboxylic acids is 2. The molecule has 6 N–H and O–H groups in total. The number of nitrogens with zero attached hydrogens (tertiary/aromatic N) is 6. The van der Waals surface area contributed by atoms with E-state index in [2.05, 4.69) is 86.6 Å². The van der Waals surface area contributed by atoms with Gasteiger partial charge in [0.05, 0.1) is 18.4 Å². The zero-order valence-corrected chi connectivity index (χ0v) is 29.0. The lowest BCUT2D eigenvalue weighted by Crippen LogP contribution is -2.47. The van der Waals surface area contributed by atoms with E-state index in [1.807, 2.05) is 0 Å². The quantitative estimate of drug-likeness (QED) is 0.153. The predicted molar refractivity (Wildman–Crippen MR) is 194 cm³/mol. The number of likely N-dealkylation sites (tertiary alicyclic amines) is 1. The number of imidazole rings is 1. The van der Waals surface area contributed by atoms with Gasteiger partial charge in [0, 0.05) is 50.6 Å². The molecule has 0 bridgehead atoms. The molecule has 0 radical (unpaired) electrons. The SMILES string of the molecule is CCC(=O)NC1CC(n2cnc3c(NCC4c5ccccc5-c5ccccc54)nc(N4CC[C@@H](NC(=O)NC5CCN(C)C5)C4)nc32)[C@H](O)[C@@H]1O. The lowest BCUT2D eigenvalue weighted by Gasteiger charge is -2.21. The molecule has 3 fully saturated rings. The van der Waals surface area contributed by atoms with E-state index in [-0.39, 0.29) is 36.4 Å². The second kappa shape index (κ2) is 13.7. The van der Waals surface area contributed by atoms with Crippen LogP contribution in [0.3, 0.4) is 0 Å². The summed E-state index contributed by atoms with van der Waals surface area (Å²) in [6, 6.07) is 15.7. The molecule has 51 heavy (non-hydrogen) atoms. The van der Waals surface area contributed by atoms with E-state index in [4.69, 9.17) is 15.0 Å². The third kappa shape index (κ3) is 6.36. The number of amides is 3. The van der Waals surface area contributed by atoms with Gasteiger partial charge in [-0.2, -0.15) is 9.97 Å². The zero-order valence-electron chi connectivity index (χ0n) is 29.0. The summed E-state index contributed by atoms with van der Waals surface area (Å²) in [5, 5.41) is 34.8. The molecule has 14 heteroatoms. The summed E-state index contributed by atoms with van der Waals surface area (Å²) in [5.74, 6) is 0.972. The number of hydrogen-bond donors (Lipinski definition) is 6. The largest absolute Gasteiger partial charge is 0.388 e. The normalized spacial score (nSPS) is 26.0. The third-order valence-electron chi connectivity index (χ3n) is 11.1. The fraction of sp³-hybridized carbons (Fsp3) is 0.486. The lowest BCUT2D eigenvalue weighted by molar-refractivity contribution is -0.122. The van der Waals surface area contributed by atoms with Gasteiger partial charge in [-0.1, -0.05) is 55.5 Å². The Morgan fingerprint density at radius 1 is 0.882 bits per heavy atom. The summed E-state index contributed by atoms with van der Waals surface area (Å²) in [5.41, 5.74) is 6.04. The van der Waals surface area contributed by atoms with Gasteiger partial charge in [0.1, 0.15) is 12.2 Å². The maximum Gasteiger partial charge on any atom is 0.315 e. The van der Waals surface area contributed by atoms with E-state index in [0.717, 1.165) is 25.9 Å². The molecule has 2 aromatic heterocycles. The average molecular weight is 695 g/mol. The summed E-state index contributed by atoms with van der Waals surface area (Å²) in [6.07, 6.45) is 1.65. The predicted octanol–water partition coefficient (Wildman–Crippen LogP) is 2.19. The molecule has 4 aliphatic rings. The van der Waals surface area contributed by atoms with Gasteiger partial charge in [-0.15, -0.1) is 0 Å². The molecule has 0 spiro atoms. The number of rotatable bonds is 9. The standard InChI is InChI=1S/C37H46N10O4/c1-3-30(48)42-28-16-29(33(50)32(28)49)47-20-39-31-34(38-17-27-25-10-6-4-8-23(25)24-9-5-7-11-26(24)27)43-36(44-35(31)47)46-15-13-22(19-46)41-37(51)40-21-12-14-45(2)18-21/h4-11,20-22,27-29,32-33,49-50H,3,12-19H2,1-2H3,(H,42,48)(H,38,43,44)(H2,40,41,51)/t21?,22-,28?,29?,32-,33+/m1/s1. The molecule has 4 aromatic rings. The Balaban J connectivity index is 1.08. The lowest BCUT2D eigenvalue weighted by atomic mass is 9.97. The highest BCUT2D eigenvalue weighted by molar-refractivity contribution is 5.85. The summed E-state index contributed by atoms with van der Waals surface area (Å²) in [7, 11) is 2.06. The molecule has 268 valence electrons. The van der Waals surface area contributed by atoms with Crippen molar-refractivity contribution in [2.24, 2.45) is 0 Å². The van der Waals surface area contributed by atoms with E-state index in [1.165, 1.54) is 22.3 Å². The van der Waals surface area contributed by atoms with Gasteiger partial charge in [-0.3, -0.25) is 4.79 Å². The number of benzene rings is 2. The second-order valence-corrected chi connectivity index (χ2v) is 14.4. The van der Waals surface area contributed by atoms with E-state index < -0.39 is 24.3 Å². The van der Waals surface area contributed by atoms with Crippen molar-refractivity contribution >= 4 is 34.9 Å². The first-order chi connectivity index (χ1) is 24.8. The molecule has 3 amide bonds. The van der Waals surface area contributed by atoms with Crippen molar-refractivity contribution < 1.29 is 19.8 Å². The monoisotopic (exact) mass is 694 g/mol. The van der Waals surface area contributed by atoms with Crippen molar-refractivity contribution in [2.45, 2.75) is 74.9 Å². The van der Waals surface area contributed by atoms with Crippen LogP contribution in [-0.2, 0) is 4.79 Å². The number of nitrogens with one attached hydrogen (secondary N) is 4. The van der Waals surface area contributed by atoms with Crippen LogP contribution in [0.5, 0.6) is 0 Å². The molecule has 1 saturated carbocycles. The third-order valence-corrected chi connectivity index (χ3v) is 11.1. The Morgan fingerprint density at radius 2 is 1.57 bits per heavy atom. The summed E-state index contributed by atoms with van der Waals surface area (Å²) in [6.45, 7) is 5.33. The van der Waals surface area contributed by atoms with Crippen molar-refractivity contribution in [1.29, 1.82) is 0 Å². The van der Waals surface area contributed by atoms with Crippen LogP contribution in [0.4, 0.5) is 16.6 Å². The Hall–Kier alpha value is -4.79. The van der Waals surface area contributed by atoms with Crippen molar-refractivity contribution in [1.82, 2.24) is 40.4 Å². The maximum atomic E-state index is 12.9. The van der Waals surface area contributed by atoms with E-state index in [0.29, 0.717) is 49.0 Å². The Morgan fingerprint density at radius 3 is 2.25 bits per heavy atom. The van der Waals surface area contributed by atoms with Gasteiger partial charge in [0.2, 0.25) is 11.9 Å². The van der Waals surface area contributed by atoms with Crippen LogP contribution in [0.2, 0.25) is 0 Å². The van der Waals surface area contributed by atoms with E-state index >= 15 is 0 Å². The Kier molecular flexibility index (Phi) is 8.98. The minimum atomic E-state index is -1.13. The maximum absolute atomic E-state index is 12.9. The summed E-state index contributed by atoms with van der Waals surface area (Å²) in [4.78, 5) is 44.1. The highest BCUT2D eigenvalue weighted by atomic mass is 16.3. The molecule has 4 heterocycles. The van der Waals surface area contributed by atoms with Crippen molar-refractivity contribution in [3.8, 4) is 11.1 Å². The number of aliphatic hydroxyl groups excluding tert-OH is 2. The molecule has 2 aromatic carbocycles. The fourth-order valence-electron chi connectivity index (χ4n) is 8.35. The Bertz CT molecular complexity index is 1890. The number of likely N-dealkylation sites (N-methyl/N-ethyl adjacent to an activating group) is 1. The molecule has 6 atom stereocenters. The number of aromatic nitrogens is 4. The summed E-state index contributed by atoms with van der Waals surface area (Å²) < 4.78 is 1.80. The van der Waals surface area contributed by atoms with Gasteiger partial charge >= 0.3 is 6.03 Å². The first kappa shape index (κ1) is 33.4. The minimum Gasteiger partial charge on any atom is -0.388 e. The van der Waals surface area contributed by atoms with Crippen LogP contribution in [0, 0.1) is 0 Å². The molecule has 14 nitrogen and oxygen atoms in total.